The number of amides is 1. The highest BCUT2D eigenvalue weighted by Gasteiger charge is 2.23. The van der Waals surface area contributed by atoms with Gasteiger partial charge in [-0.2, -0.15) is 0 Å². The minimum Gasteiger partial charge on any atom is -0.372 e. The minimum atomic E-state index is -0.0614. The quantitative estimate of drug-likeness (QED) is 0.838. The second-order valence-electron chi connectivity index (χ2n) is 6.30. The molecule has 4 rings (SSSR count). The van der Waals surface area contributed by atoms with Crippen molar-refractivity contribution in [1.29, 1.82) is 0 Å². The Morgan fingerprint density at radius 3 is 2.50 bits per heavy atom. The third-order valence-corrected chi connectivity index (χ3v) is 4.68. The number of para-hydroxylation sites is 1. The number of piperidine rings is 1. The molecule has 2 N–H and O–H groups in total. The monoisotopic (exact) mass is 319 g/mol. The molecule has 2 aromatic rings. The summed E-state index contributed by atoms with van der Waals surface area (Å²) in [5.41, 5.74) is 4.75. The molecule has 0 saturated carbocycles. The Bertz CT molecular complexity index is 774. The fourth-order valence-corrected chi connectivity index (χ4v) is 3.36. The van der Waals surface area contributed by atoms with E-state index in [4.69, 9.17) is 0 Å². The molecule has 2 aliphatic rings. The molecule has 1 amide bonds. The second kappa shape index (κ2) is 6.40. The van der Waals surface area contributed by atoms with Crippen molar-refractivity contribution >= 4 is 28.5 Å². The number of nitrogens with one attached hydrogen (secondary N) is 2. The van der Waals surface area contributed by atoms with Gasteiger partial charge in [-0.3, -0.25) is 4.79 Å². The summed E-state index contributed by atoms with van der Waals surface area (Å²) in [5, 5.41) is 6.13. The van der Waals surface area contributed by atoms with E-state index in [1.807, 2.05) is 24.3 Å². The summed E-state index contributed by atoms with van der Waals surface area (Å²) in [7, 11) is 0. The topological polar surface area (TPSA) is 44.4 Å². The van der Waals surface area contributed by atoms with Gasteiger partial charge < -0.3 is 15.5 Å². The fourth-order valence-electron chi connectivity index (χ4n) is 3.36. The average molecular weight is 319 g/mol. The van der Waals surface area contributed by atoms with Crippen molar-refractivity contribution in [2.24, 2.45) is 0 Å². The van der Waals surface area contributed by atoms with E-state index in [1.165, 1.54) is 24.9 Å². The molecule has 122 valence electrons. The van der Waals surface area contributed by atoms with E-state index >= 15 is 0 Å². The number of carbonyl (C=O) groups is 1. The summed E-state index contributed by atoms with van der Waals surface area (Å²) in [4.78, 5) is 14.5. The van der Waals surface area contributed by atoms with E-state index in [1.54, 1.807) is 6.20 Å². The largest absolute Gasteiger partial charge is 0.372 e. The molecule has 1 fully saturated rings. The number of rotatable bonds is 3. The number of nitrogens with zero attached hydrogens (tertiary/aromatic N) is 1. The number of carbonyl (C=O) groups excluding carboxylic acids is 1. The maximum absolute atomic E-state index is 12.1. The summed E-state index contributed by atoms with van der Waals surface area (Å²) >= 11 is 0. The van der Waals surface area contributed by atoms with Crippen molar-refractivity contribution in [2.45, 2.75) is 19.3 Å². The molecule has 0 aromatic heterocycles. The van der Waals surface area contributed by atoms with Crippen molar-refractivity contribution in [2.75, 3.05) is 28.6 Å². The molecule has 2 aliphatic heterocycles. The first kappa shape index (κ1) is 14.8. The average Bonchev–Trinajstić information content (AvgIpc) is 2.96. The van der Waals surface area contributed by atoms with Crippen LogP contribution in [0.1, 0.15) is 24.8 Å². The molecule has 0 aliphatic carbocycles. The van der Waals surface area contributed by atoms with Crippen molar-refractivity contribution in [3.05, 3.63) is 60.3 Å². The molecule has 0 unspecified atom stereocenters. The van der Waals surface area contributed by atoms with Gasteiger partial charge in [0.05, 0.1) is 5.57 Å². The third kappa shape index (κ3) is 2.87. The predicted octanol–water partition coefficient (Wildman–Crippen LogP) is 4.08. The molecule has 0 spiro atoms. The maximum Gasteiger partial charge on any atom is 0.257 e. The molecular formula is C20H21N3O. The first-order chi connectivity index (χ1) is 11.8. The van der Waals surface area contributed by atoms with Gasteiger partial charge in [0.25, 0.3) is 5.91 Å². The van der Waals surface area contributed by atoms with E-state index in [0.717, 1.165) is 30.0 Å². The van der Waals surface area contributed by atoms with Crippen LogP contribution in [0, 0.1) is 0 Å². The second-order valence-corrected chi connectivity index (χ2v) is 6.30. The smallest absolute Gasteiger partial charge is 0.257 e. The van der Waals surface area contributed by atoms with Gasteiger partial charge in [0.2, 0.25) is 0 Å². The SMILES string of the molecule is O=C1Nc2ccccc2C1=CNc1ccc(N2CCCCC2)cc1. The fraction of sp³-hybridized carbons (Fsp3) is 0.250. The molecule has 4 heteroatoms. The van der Waals surface area contributed by atoms with Crippen LogP contribution in [0.15, 0.2) is 54.7 Å². The zero-order valence-corrected chi connectivity index (χ0v) is 13.6. The van der Waals surface area contributed by atoms with Crippen LogP contribution in [0.5, 0.6) is 0 Å². The Balaban J connectivity index is 1.49. The summed E-state index contributed by atoms with van der Waals surface area (Å²) in [6, 6.07) is 16.2. The maximum atomic E-state index is 12.1. The number of fused-ring (bicyclic) bond motifs is 1. The molecule has 2 aromatic carbocycles. The number of anilines is 3. The van der Waals surface area contributed by atoms with Crippen LogP contribution < -0.4 is 15.5 Å². The highest BCUT2D eigenvalue weighted by Crippen LogP contribution is 2.31. The molecular weight excluding hydrogens is 298 g/mol. The van der Waals surface area contributed by atoms with Crippen molar-refractivity contribution < 1.29 is 4.79 Å². The van der Waals surface area contributed by atoms with Crippen molar-refractivity contribution in [3.63, 3.8) is 0 Å². The Labute approximate surface area is 142 Å². The lowest BCUT2D eigenvalue weighted by molar-refractivity contribution is -0.110. The lowest BCUT2D eigenvalue weighted by Crippen LogP contribution is -2.29. The zero-order valence-electron chi connectivity index (χ0n) is 13.6. The van der Waals surface area contributed by atoms with Crippen LogP contribution in [-0.4, -0.2) is 19.0 Å². The van der Waals surface area contributed by atoms with Crippen molar-refractivity contribution in [1.82, 2.24) is 0 Å². The molecule has 0 atom stereocenters. The lowest BCUT2D eigenvalue weighted by Gasteiger charge is -2.28. The van der Waals surface area contributed by atoms with Crippen LogP contribution >= 0.6 is 0 Å². The van der Waals surface area contributed by atoms with Gasteiger partial charge in [0.15, 0.2) is 0 Å². The highest BCUT2D eigenvalue weighted by atomic mass is 16.2. The van der Waals surface area contributed by atoms with E-state index in [2.05, 4.69) is 39.8 Å². The molecule has 1 saturated heterocycles. The molecule has 2 heterocycles. The number of benzene rings is 2. The first-order valence-corrected chi connectivity index (χ1v) is 8.54. The van der Waals surface area contributed by atoms with E-state index in [9.17, 15) is 4.79 Å². The minimum absolute atomic E-state index is 0.0614. The normalized spacial score (nSPS) is 18.4. The standard InChI is InChI=1S/C20H21N3O/c24-20-18(17-6-2-3-7-19(17)22-20)14-21-15-8-10-16(11-9-15)23-12-4-1-5-13-23/h2-3,6-11,14,21H,1,4-5,12-13H2,(H,22,24). The molecule has 0 radical (unpaired) electrons. The summed E-state index contributed by atoms with van der Waals surface area (Å²) in [5.74, 6) is -0.0614. The molecule has 24 heavy (non-hydrogen) atoms. The third-order valence-electron chi connectivity index (χ3n) is 4.68. The Hall–Kier alpha value is -2.75. The van der Waals surface area contributed by atoms with E-state index in [-0.39, 0.29) is 5.91 Å². The van der Waals surface area contributed by atoms with Gasteiger partial charge in [-0.05, 0) is 49.6 Å². The summed E-state index contributed by atoms with van der Waals surface area (Å²) in [6.45, 7) is 2.29. The zero-order chi connectivity index (χ0) is 16.4. The molecule has 4 nitrogen and oxygen atoms in total. The van der Waals surface area contributed by atoms with Gasteiger partial charge in [-0.25, -0.2) is 0 Å². The van der Waals surface area contributed by atoms with E-state index in [0.29, 0.717) is 5.57 Å². The summed E-state index contributed by atoms with van der Waals surface area (Å²) < 4.78 is 0. The van der Waals surface area contributed by atoms with Crippen molar-refractivity contribution in [3.8, 4) is 0 Å². The Morgan fingerprint density at radius 1 is 0.958 bits per heavy atom. The van der Waals surface area contributed by atoms with Crippen LogP contribution in [0.2, 0.25) is 0 Å². The van der Waals surface area contributed by atoms with Gasteiger partial charge in [0, 0.05) is 41.9 Å². The molecule has 0 bridgehead atoms. The van der Waals surface area contributed by atoms with Crippen LogP contribution in [0.4, 0.5) is 17.1 Å². The van der Waals surface area contributed by atoms with Crippen LogP contribution in [-0.2, 0) is 4.79 Å². The van der Waals surface area contributed by atoms with Gasteiger partial charge in [0.1, 0.15) is 0 Å². The van der Waals surface area contributed by atoms with Gasteiger partial charge >= 0.3 is 0 Å². The summed E-state index contributed by atoms with van der Waals surface area (Å²) in [6.07, 6.45) is 5.69. The predicted molar refractivity (Wildman–Crippen MR) is 99.2 cm³/mol. The number of hydrogen-bond acceptors (Lipinski definition) is 3. The first-order valence-electron chi connectivity index (χ1n) is 8.54. The van der Waals surface area contributed by atoms with E-state index < -0.39 is 0 Å². The Kier molecular flexibility index (Phi) is 3.95. The number of hydrogen-bond donors (Lipinski definition) is 2. The van der Waals surface area contributed by atoms with Crippen LogP contribution in [0.3, 0.4) is 0 Å². The van der Waals surface area contributed by atoms with Gasteiger partial charge in [-0.1, -0.05) is 18.2 Å². The van der Waals surface area contributed by atoms with Gasteiger partial charge in [-0.15, -0.1) is 0 Å². The van der Waals surface area contributed by atoms with Crippen LogP contribution in [0.25, 0.3) is 5.57 Å². The highest BCUT2D eigenvalue weighted by molar-refractivity contribution is 6.31. The Morgan fingerprint density at radius 2 is 1.71 bits per heavy atom. The lowest BCUT2D eigenvalue weighted by atomic mass is 10.1.